The fourth-order valence-corrected chi connectivity index (χ4v) is 2.22. The van der Waals surface area contributed by atoms with Gasteiger partial charge in [0.1, 0.15) is 5.52 Å². The minimum atomic E-state index is -0.183. The van der Waals surface area contributed by atoms with E-state index in [0.717, 1.165) is 17.0 Å². The molecule has 3 aromatic rings. The molecule has 1 aromatic carbocycles. The Morgan fingerprint density at radius 3 is 2.74 bits per heavy atom. The zero-order valence-electron chi connectivity index (χ0n) is 10.8. The highest BCUT2D eigenvalue weighted by molar-refractivity contribution is 5.82. The molecule has 5 nitrogen and oxygen atoms in total. The summed E-state index contributed by atoms with van der Waals surface area (Å²) in [7, 11) is 1.83. The van der Waals surface area contributed by atoms with Crippen molar-refractivity contribution in [1.29, 1.82) is 0 Å². The first-order valence-electron chi connectivity index (χ1n) is 6.11. The largest absolute Gasteiger partial charge is 0.275 e. The van der Waals surface area contributed by atoms with Gasteiger partial charge >= 0.3 is 0 Å². The number of fused-ring (bicyclic) bond motifs is 1. The Kier molecular flexibility index (Phi) is 2.67. The van der Waals surface area contributed by atoms with E-state index in [9.17, 15) is 4.79 Å². The summed E-state index contributed by atoms with van der Waals surface area (Å²) in [5.74, 6) is 0. The molecule has 5 heteroatoms. The fraction of sp³-hybridized carbons (Fsp3) is 0.214. The number of nitrogens with one attached hydrogen (secondary N) is 1. The summed E-state index contributed by atoms with van der Waals surface area (Å²) in [5, 5.41) is 11.7. The highest BCUT2D eigenvalue weighted by atomic mass is 16.1. The molecule has 0 aliphatic heterocycles. The molecule has 0 saturated heterocycles. The summed E-state index contributed by atoms with van der Waals surface area (Å²) in [5.41, 5.74) is 3.30. The third-order valence-electron chi connectivity index (χ3n) is 3.34. The Labute approximate surface area is 109 Å². The first-order valence-corrected chi connectivity index (χ1v) is 6.11. The van der Waals surface area contributed by atoms with Crippen LogP contribution in [0.15, 0.2) is 35.1 Å². The highest BCUT2D eigenvalue weighted by Crippen LogP contribution is 2.17. The van der Waals surface area contributed by atoms with Gasteiger partial charge in [0.15, 0.2) is 0 Å². The van der Waals surface area contributed by atoms with Crippen LogP contribution in [0.1, 0.15) is 17.0 Å². The van der Waals surface area contributed by atoms with Gasteiger partial charge in [0.2, 0.25) is 0 Å². The van der Waals surface area contributed by atoms with Crippen LogP contribution in [0.25, 0.3) is 10.9 Å². The molecule has 0 saturated carbocycles. The second-order valence-corrected chi connectivity index (χ2v) is 4.59. The lowest BCUT2D eigenvalue weighted by atomic mass is 10.1. The van der Waals surface area contributed by atoms with E-state index in [1.807, 2.05) is 44.3 Å². The average molecular weight is 254 g/mol. The lowest BCUT2D eigenvalue weighted by molar-refractivity contribution is 0.749. The molecule has 0 bridgehead atoms. The summed E-state index contributed by atoms with van der Waals surface area (Å²) in [6.45, 7) is 1.89. The zero-order valence-corrected chi connectivity index (χ0v) is 10.8. The first kappa shape index (κ1) is 11.6. The van der Waals surface area contributed by atoms with Crippen LogP contribution < -0.4 is 5.56 Å². The number of benzene rings is 1. The lowest BCUT2D eigenvalue weighted by Crippen LogP contribution is -2.11. The molecule has 0 unspecified atom stereocenters. The summed E-state index contributed by atoms with van der Waals surface area (Å²) < 4.78 is 1.72. The molecule has 2 aromatic heterocycles. The van der Waals surface area contributed by atoms with Crippen molar-refractivity contribution in [2.75, 3.05) is 0 Å². The van der Waals surface area contributed by atoms with Crippen molar-refractivity contribution in [1.82, 2.24) is 20.0 Å². The number of hydrogen-bond donors (Lipinski definition) is 1. The minimum absolute atomic E-state index is 0.183. The van der Waals surface area contributed by atoms with E-state index in [4.69, 9.17) is 0 Å². The van der Waals surface area contributed by atoms with Gasteiger partial charge in [-0.25, -0.2) is 5.10 Å². The third kappa shape index (κ3) is 1.93. The maximum Gasteiger partial charge on any atom is 0.275 e. The van der Waals surface area contributed by atoms with E-state index in [1.165, 1.54) is 0 Å². The molecule has 0 atom stereocenters. The van der Waals surface area contributed by atoms with Gasteiger partial charge in [0, 0.05) is 19.2 Å². The monoisotopic (exact) mass is 254 g/mol. The molecule has 19 heavy (non-hydrogen) atoms. The number of aryl methyl sites for hydroxylation is 2. The van der Waals surface area contributed by atoms with Crippen LogP contribution in [-0.2, 0) is 13.5 Å². The normalized spacial score (nSPS) is 11.1. The van der Waals surface area contributed by atoms with Crippen LogP contribution in [0.5, 0.6) is 0 Å². The lowest BCUT2D eigenvalue weighted by Gasteiger charge is -2.01. The molecule has 0 fully saturated rings. The van der Waals surface area contributed by atoms with Crippen LogP contribution >= 0.6 is 0 Å². The Bertz CT molecular complexity index is 786. The van der Waals surface area contributed by atoms with Crippen molar-refractivity contribution in [3.05, 3.63) is 57.6 Å². The highest BCUT2D eigenvalue weighted by Gasteiger charge is 2.14. The maximum atomic E-state index is 11.8. The Morgan fingerprint density at radius 1 is 1.26 bits per heavy atom. The Morgan fingerprint density at radius 2 is 2.00 bits per heavy atom. The van der Waals surface area contributed by atoms with E-state index in [2.05, 4.69) is 15.3 Å². The second-order valence-electron chi connectivity index (χ2n) is 4.59. The van der Waals surface area contributed by atoms with Crippen molar-refractivity contribution in [3.63, 3.8) is 0 Å². The Hall–Kier alpha value is -2.43. The summed E-state index contributed by atoms with van der Waals surface area (Å²) >= 11 is 0. The zero-order chi connectivity index (χ0) is 13.4. The van der Waals surface area contributed by atoms with Crippen LogP contribution in [0.2, 0.25) is 0 Å². The number of H-pyrrole nitrogens is 1. The van der Waals surface area contributed by atoms with Gasteiger partial charge in [0.25, 0.3) is 5.56 Å². The third-order valence-corrected chi connectivity index (χ3v) is 3.34. The quantitative estimate of drug-likeness (QED) is 0.754. The first-order chi connectivity index (χ1) is 9.16. The predicted octanol–water partition coefficient (Wildman–Crippen LogP) is 1.56. The molecule has 2 heterocycles. The van der Waals surface area contributed by atoms with Crippen molar-refractivity contribution >= 4 is 10.9 Å². The van der Waals surface area contributed by atoms with Gasteiger partial charge in [0.05, 0.1) is 11.1 Å². The minimum Gasteiger partial charge on any atom is -0.271 e. The smallest absolute Gasteiger partial charge is 0.271 e. The van der Waals surface area contributed by atoms with E-state index in [1.54, 1.807) is 4.68 Å². The van der Waals surface area contributed by atoms with Crippen molar-refractivity contribution in [2.24, 2.45) is 7.05 Å². The molecule has 0 radical (unpaired) electrons. The molecular formula is C14H14N4O. The van der Waals surface area contributed by atoms with Gasteiger partial charge in [-0.05, 0) is 12.5 Å². The van der Waals surface area contributed by atoms with E-state index in [0.29, 0.717) is 17.3 Å². The molecular weight excluding hydrogens is 240 g/mol. The fourth-order valence-electron chi connectivity index (χ4n) is 2.22. The molecule has 0 aliphatic rings. The number of rotatable bonds is 2. The van der Waals surface area contributed by atoms with Gasteiger partial charge in [-0.1, -0.05) is 30.3 Å². The van der Waals surface area contributed by atoms with Crippen LogP contribution in [0, 0.1) is 6.92 Å². The van der Waals surface area contributed by atoms with Crippen LogP contribution in [0.3, 0.4) is 0 Å². The topological polar surface area (TPSA) is 63.6 Å². The standard InChI is InChI=1S/C14H14N4O/c1-9-12-13(17-18(9)2)11(15-16-14(12)19)8-10-6-4-3-5-7-10/h3-7H,8H2,1-2H3,(H,16,19). The number of aromatic amines is 1. The van der Waals surface area contributed by atoms with Crippen molar-refractivity contribution in [2.45, 2.75) is 13.3 Å². The van der Waals surface area contributed by atoms with Crippen molar-refractivity contribution in [3.8, 4) is 0 Å². The van der Waals surface area contributed by atoms with Gasteiger partial charge < -0.3 is 0 Å². The Balaban J connectivity index is 2.18. The van der Waals surface area contributed by atoms with E-state index >= 15 is 0 Å². The number of aromatic nitrogens is 4. The van der Waals surface area contributed by atoms with Gasteiger partial charge in [-0.15, -0.1) is 0 Å². The SMILES string of the molecule is Cc1c2c(=O)[nH]nc(Cc3ccccc3)c2nn1C. The summed E-state index contributed by atoms with van der Waals surface area (Å²) in [6, 6.07) is 10.0. The summed E-state index contributed by atoms with van der Waals surface area (Å²) in [6.07, 6.45) is 0.657. The molecule has 0 spiro atoms. The molecule has 0 aliphatic carbocycles. The second kappa shape index (κ2) is 4.35. The number of nitrogens with zero attached hydrogens (tertiary/aromatic N) is 3. The molecule has 96 valence electrons. The van der Waals surface area contributed by atoms with E-state index < -0.39 is 0 Å². The van der Waals surface area contributed by atoms with Crippen molar-refractivity contribution < 1.29 is 0 Å². The summed E-state index contributed by atoms with van der Waals surface area (Å²) in [4.78, 5) is 11.8. The van der Waals surface area contributed by atoms with Crippen LogP contribution in [-0.4, -0.2) is 20.0 Å². The van der Waals surface area contributed by atoms with Gasteiger partial charge in [-0.2, -0.15) is 10.2 Å². The maximum absolute atomic E-state index is 11.8. The molecule has 0 amide bonds. The molecule has 3 rings (SSSR count). The average Bonchev–Trinajstić information content (AvgIpc) is 2.72. The molecule has 1 N–H and O–H groups in total. The van der Waals surface area contributed by atoms with E-state index in [-0.39, 0.29) is 5.56 Å². The van der Waals surface area contributed by atoms with Gasteiger partial charge in [-0.3, -0.25) is 9.48 Å². The number of hydrogen-bond acceptors (Lipinski definition) is 3. The van der Waals surface area contributed by atoms with Crippen LogP contribution in [0.4, 0.5) is 0 Å². The predicted molar refractivity (Wildman–Crippen MR) is 73.1 cm³/mol.